The number of rotatable bonds is 11. The quantitative estimate of drug-likeness (QED) is 0.113. The van der Waals surface area contributed by atoms with Crippen LogP contribution in [-0.4, -0.2) is 76.1 Å². The highest BCUT2D eigenvalue weighted by Gasteiger charge is 2.61. The molecule has 2 rings (SSSR count). The van der Waals surface area contributed by atoms with Gasteiger partial charge in [-0.2, -0.15) is 0 Å². The minimum absolute atomic E-state index is 0.144. The molecule has 11 nitrogen and oxygen atoms in total. The van der Waals surface area contributed by atoms with E-state index in [0.717, 1.165) is 0 Å². The summed E-state index contributed by atoms with van der Waals surface area (Å²) in [5, 5.41) is 37.6. The molecule has 1 aliphatic carbocycles. The molecular weight excluding hydrogens is 400 g/mol. The van der Waals surface area contributed by atoms with Gasteiger partial charge in [-0.15, -0.1) is 0 Å². The lowest BCUT2D eigenvalue weighted by atomic mass is 9.76. The van der Waals surface area contributed by atoms with Gasteiger partial charge in [-0.25, -0.2) is 9.87 Å². The predicted molar refractivity (Wildman–Crippen MR) is 96.9 cm³/mol. The van der Waals surface area contributed by atoms with Crippen LogP contribution in [0.15, 0.2) is 18.7 Å². The fourth-order valence-electron chi connectivity index (χ4n) is 2.81. The van der Waals surface area contributed by atoms with Gasteiger partial charge < -0.3 is 35.0 Å². The first-order chi connectivity index (χ1) is 12.7. The number of Topliss-reactive ketones (excluding diaryl/α,β-unsaturated/α-hetero) is 1. The number of aliphatic hydroxyl groups excluding tert-OH is 2. The van der Waals surface area contributed by atoms with E-state index >= 15 is 0 Å². The molecule has 0 aliphatic heterocycles. The van der Waals surface area contributed by atoms with Gasteiger partial charge in [-0.3, -0.25) is 10.1 Å². The second-order valence-electron chi connectivity index (χ2n) is 6.41. The summed E-state index contributed by atoms with van der Waals surface area (Å²) in [5.74, 6) is -0.582. The molecule has 0 spiro atoms. The van der Waals surface area contributed by atoms with E-state index in [4.69, 9.17) is 10.3 Å². The van der Waals surface area contributed by atoms with E-state index in [1.54, 1.807) is 6.20 Å². The molecule has 1 saturated carbocycles. The maximum Gasteiger partial charge on any atom is 0.184 e. The summed E-state index contributed by atoms with van der Waals surface area (Å²) in [6.07, 6.45) is 2.18. The Bertz CT molecular complexity index is 618. The average Bonchev–Trinajstić information content (AvgIpc) is 3.11. The van der Waals surface area contributed by atoms with Gasteiger partial charge in [0.1, 0.15) is 6.10 Å². The molecule has 7 N–H and O–H groups in total. The summed E-state index contributed by atoms with van der Waals surface area (Å²) < 4.78 is 6.64. The van der Waals surface area contributed by atoms with E-state index in [1.165, 1.54) is 24.0 Å². The molecule has 1 aromatic heterocycles. The second-order valence-corrected chi connectivity index (χ2v) is 10.1. The zero-order valence-corrected chi connectivity index (χ0v) is 16.6. The summed E-state index contributed by atoms with van der Waals surface area (Å²) >= 11 is 0. The van der Waals surface area contributed by atoms with E-state index in [9.17, 15) is 30.3 Å². The van der Waals surface area contributed by atoms with Crippen LogP contribution in [0.25, 0.3) is 0 Å². The number of hydrogen-bond donors (Lipinski definition) is 6. The first kappa shape index (κ1) is 22.7. The highest BCUT2D eigenvalue weighted by atomic mass is 31.2. The molecule has 0 radical (unpaired) electrons. The number of nitrogens with zero attached hydrogens (tertiary/aromatic N) is 2. The van der Waals surface area contributed by atoms with Crippen molar-refractivity contribution in [3.8, 4) is 0 Å². The molecule has 0 bridgehead atoms. The van der Waals surface area contributed by atoms with Crippen LogP contribution in [0.4, 0.5) is 0 Å². The maximum atomic E-state index is 12.2. The van der Waals surface area contributed by atoms with Crippen molar-refractivity contribution in [2.75, 3.05) is 6.54 Å². The molecule has 1 aromatic rings. The Morgan fingerprint density at radius 3 is 2.74 bits per heavy atom. The van der Waals surface area contributed by atoms with E-state index in [2.05, 4.69) is 9.87 Å². The minimum atomic E-state index is -2.35. The molecule has 0 saturated heterocycles. The van der Waals surface area contributed by atoms with Gasteiger partial charge in [0, 0.05) is 18.1 Å². The normalized spacial score (nSPS) is 28.5. The van der Waals surface area contributed by atoms with Gasteiger partial charge in [0.2, 0.25) is 0 Å². The second kappa shape index (κ2) is 9.28. The molecule has 0 aromatic carbocycles. The minimum Gasteiger partial charge on any atom is -0.388 e. The lowest BCUT2D eigenvalue weighted by Crippen LogP contribution is -2.61. The number of aromatic nitrogens is 2. The Morgan fingerprint density at radius 2 is 2.30 bits per heavy atom. The fraction of sp³-hybridized carbons (Fsp3) is 0.714. The lowest BCUT2D eigenvalue weighted by Gasteiger charge is -2.50. The number of ketones is 1. The summed E-state index contributed by atoms with van der Waals surface area (Å²) in [4.78, 5) is 31.4. The highest BCUT2D eigenvalue weighted by molar-refractivity contribution is 7.65. The number of carbonyl (C=O) groups is 1. The van der Waals surface area contributed by atoms with Crippen molar-refractivity contribution >= 4 is 22.7 Å². The zero-order valence-electron chi connectivity index (χ0n) is 14.7. The number of hydrogen-bond acceptors (Lipinski definition) is 10. The number of imidazole rings is 1. The van der Waals surface area contributed by atoms with Crippen molar-refractivity contribution in [2.24, 2.45) is 5.73 Å². The zero-order chi connectivity index (χ0) is 20.2. The van der Waals surface area contributed by atoms with Gasteiger partial charge >= 0.3 is 0 Å². The van der Waals surface area contributed by atoms with Crippen LogP contribution in [0.1, 0.15) is 19.8 Å². The van der Waals surface area contributed by atoms with E-state index < -0.39 is 51.5 Å². The highest BCUT2D eigenvalue weighted by Crippen LogP contribution is 2.66. The number of aliphatic hydroxyl groups is 3. The molecule has 1 heterocycles. The summed E-state index contributed by atoms with van der Waals surface area (Å²) in [5.41, 5.74) is 2.83. The van der Waals surface area contributed by atoms with Crippen LogP contribution in [0.5, 0.6) is 0 Å². The van der Waals surface area contributed by atoms with Gasteiger partial charge in [0.25, 0.3) is 0 Å². The maximum absolute atomic E-state index is 12.2. The van der Waals surface area contributed by atoms with Crippen LogP contribution >= 0.6 is 17.0 Å². The van der Waals surface area contributed by atoms with Crippen LogP contribution in [0.3, 0.4) is 0 Å². The number of nitrogens with two attached hydrogens (primary N) is 1. The van der Waals surface area contributed by atoms with Crippen molar-refractivity contribution in [2.45, 2.75) is 55.0 Å². The Morgan fingerprint density at radius 1 is 1.59 bits per heavy atom. The standard InChI is InChI=1S/C14H25N3O8P2/c1-9(18)12(20)24-26-14(21,7-17-5-4-16-8-17)27(23)11-2-3-13(11,25-22)10(19)6-15/h4-5,8-9,11-12,18,20-23,26H,2-3,6-7,15H2,1H3/t9-,11?,12?,13?,14?,27+/m0/s1. The largest absolute Gasteiger partial charge is 0.388 e. The molecule has 154 valence electrons. The summed E-state index contributed by atoms with van der Waals surface area (Å²) in [6, 6.07) is 0. The van der Waals surface area contributed by atoms with Crippen molar-refractivity contribution in [1.82, 2.24) is 9.55 Å². The van der Waals surface area contributed by atoms with Crippen molar-refractivity contribution < 1.29 is 39.7 Å². The molecular formula is C14H25N3O8P2. The van der Waals surface area contributed by atoms with E-state index in [0.29, 0.717) is 6.42 Å². The SMILES string of the molecule is C[C@H](O)C(O)OPC(O)(Cn1ccnc1)[P@](O)C1CCC1(OO)C(=O)CN. The first-order valence-electron chi connectivity index (χ1n) is 8.21. The van der Waals surface area contributed by atoms with Crippen LogP contribution < -0.4 is 5.73 Å². The Labute approximate surface area is 158 Å². The average molecular weight is 425 g/mol. The van der Waals surface area contributed by atoms with Gasteiger partial charge in [0.05, 0.1) is 36.4 Å². The van der Waals surface area contributed by atoms with E-state index in [-0.39, 0.29) is 19.5 Å². The third-order valence-electron chi connectivity index (χ3n) is 4.54. The van der Waals surface area contributed by atoms with E-state index in [1.807, 2.05) is 0 Å². The first-order valence-corrected chi connectivity index (χ1v) is 10.5. The smallest absolute Gasteiger partial charge is 0.184 e. The predicted octanol–water partition coefficient (Wildman–Crippen LogP) is -0.854. The van der Waals surface area contributed by atoms with Crippen LogP contribution in [0.2, 0.25) is 0 Å². The van der Waals surface area contributed by atoms with Gasteiger partial charge in [-0.1, -0.05) is 0 Å². The Kier molecular flexibility index (Phi) is 7.80. The summed E-state index contributed by atoms with van der Waals surface area (Å²) in [7, 11) is -3.18. The topological polar surface area (TPSA) is 181 Å². The Hall–Kier alpha value is -0.580. The molecule has 7 atom stereocenters. The van der Waals surface area contributed by atoms with Crippen molar-refractivity contribution in [3.05, 3.63) is 18.7 Å². The van der Waals surface area contributed by atoms with Gasteiger partial charge in [-0.05, 0) is 19.8 Å². The van der Waals surface area contributed by atoms with Crippen molar-refractivity contribution in [3.63, 3.8) is 0 Å². The lowest BCUT2D eigenvalue weighted by molar-refractivity contribution is -0.327. The fourth-order valence-corrected chi connectivity index (χ4v) is 6.47. The third-order valence-corrected chi connectivity index (χ3v) is 8.51. The molecule has 27 heavy (non-hydrogen) atoms. The van der Waals surface area contributed by atoms with Crippen molar-refractivity contribution in [1.29, 1.82) is 0 Å². The monoisotopic (exact) mass is 425 g/mol. The van der Waals surface area contributed by atoms with Crippen LogP contribution in [0, 0.1) is 0 Å². The molecule has 1 aliphatic rings. The van der Waals surface area contributed by atoms with Crippen LogP contribution in [-0.2, 0) is 20.8 Å². The third kappa shape index (κ3) is 4.71. The number of carbonyl (C=O) groups excluding carboxylic acids is 1. The Balaban J connectivity index is 2.24. The molecule has 1 fully saturated rings. The molecule has 0 amide bonds. The summed E-state index contributed by atoms with van der Waals surface area (Å²) in [6.45, 7) is 0.775. The van der Waals surface area contributed by atoms with Gasteiger partial charge in [0.15, 0.2) is 22.8 Å². The molecule has 5 unspecified atom stereocenters. The molecule has 13 heteroatoms.